The fraction of sp³-hybridized carbons (Fsp3) is 0.357. The Balaban J connectivity index is 2.47. The van der Waals surface area contributed by atoms with Gasteiger partial charge in [-0.05, 0) is 13.0 Å². The Hall–Kier alpha value is -1.57. The highest BCUT2D eigenvalue weighted by atomic mass is 14.9. The van der Waals surface area contributed by atoms with E-state index >= 15 is 0 Å². The van der Waals surface area contributed by atoms with E-state index in [0.29, 0.717) is 0 Å². The molecule has 0 aliphatic heterocycles. The predicted octanol–water partition coefficient (Wildman–Crippen LogP) is 3.48. The number of aromatic nitrogens is 2. The summed E-state index contributed by atoms with van der Waals surface area (Å²) in [6.45, 7) is 8.61. The van der Waals surface area contributed by atoms with Gasteiger partial charge < -0.3 is 4.98 Å². The SMILES string of the molecule is Cc1[nH]c(-c2cc[c]cc2)nc1C(C)(C)C. The van der Waals surface area contributed by atoms with Crippen LogP contribution in [0.5, 0.6) is 0 Å². The maximum atomic E-state index is 4.68. The minimum Gasteiger partial charge on any atom is -0.342 e. The molecule has 0 saturated heterocycles. The largest absolute Gasteiger partial charge is 0.342 e. The van der Waals surface area contributed by atoms with E-state index in [2.05, 4.69) is 43.7 Å². The van der Waals surface area contributed by atoms with Crippen LogP contribution in [0.15, 0.2) is 24.3 Å². The van der Waals surface area contributed by atoms with Gasteiger partial charge in [-0.25, -0.2) is 4.98 Å². The first-order valence-corrected chi connectivity index (χ1v) is 5.52. The van der Waals surface area contributed by atoms with E-state index in [4.69, 9.17) is 0 Å². The van der Waals surface area contributed by atoms with Crippen molar-refractivity contribution in [1.29, 1.82) is 0 Å². The summed E-state index contributed by atoms with van der Waals surface area (Å²) in [4.78, 5) is 8.02. The monoisotopic (exact) mass is 213 g/mol. The topological polar surface area (TPSA) is 28.7 Å². The molecule has 0 fully saturated rings. The lowest BCUT2D eigenvalue weighted by atomic mass is 9.91. The second-order valence-electron chi connectivity index (χ2n) is 5.10. The number of aryl methyl sites for hydroxylation is 1. The molecule has 0 saturated carbocycles. The van der Waals surface area contributed by atoms with Crippen LogP contribution in [-0.2, 0) is 5.41 Å². The fourth-order valence-electron chi connectivity index (χ4n) is 1.87. The van der Waals surface area contributed by atoms with Crippen LogP contribution in [0, 0.1) is 13.0 Å². The van der Waals surface area contributed by atoms with Crippen molar-refractivity contribution >= 4 is 0 Å². The fourth-order valence-corrected chi connectivity index (χ4v) is 1.87. The van der Waals surface area contributed by atoms with Crippen LogP contribution in [0.2, 0.25) is 0 Å². The van der Waals surface area contributed by atoms with Gasteiger partial charge >= 0.3 is 0 Å². The van der Waals surface area contributed by atoms with Gasteiger partial charge in [-0.2, -0.15) is 0 Å². The molecular formula is C14H17N2. The molecule has 1 heterocycles. The second-order valence-corrected chi connectivity index (χ2v) is 5.10. The van der Waals surface area contributed by atoms with Gasteiger partial charge in [0.2, 0.25) is 0 Å². The highest BCUT2D eigenvalue weighted by Crippen LogP contribution is 2.26. The van der Waals surface area contributed by atoms with Crippen molar-refractivity contribution in [2.24, 2.45) is 0 Å². The lowest BCUT2D eigenvalue weighted by molar-refractivity contribution is 0.568. The van der Waals surface area contributed by atoms with Gasteiger partial charge in [0.15, 0.2) is 0 Å². The van der Waals surface area contributed by atoms with Gasteiger partial charge in [-0.1, -0.05) is 45.0 Å². The normalized spacial score (nSPS) is 11.8. The van der Waals surface area contributed by atoms with Gasteiger partial charge in [-0.15, -0.1) is 0 Å². The molecular weight excluding hydrogens is 196 g/mol. The number of aromatic amines is 1. The van der Waals surface area contributed by atoms with E-state index in [0.717, 1.165) is 22.8 Å². The molecule has 0 bridgehead atoms. The van der Waals surface area contributed by atoms with Crippen LogP contribution in [0.25, 0.3) is 11.4 Å². The first kappa shape index (κ1) is 10.9. The highest BCUT2D eigenvalue weighted by molar-refractivity contribution is 5.55. The predicted molar refractivity (Wildman–Crippen MR) is 66.3 cm³/mol. The van der Waals surface area contributed by atoms with Crippen molar-refractivity contribution in [1.82, 2.24) is 9.97 Å². The standard InChI is InChI=1S/C14H17N2/c1-10-12(14(2,3)4)16-13(15-10)11-8-6-5-7-9-11/h6-9H,1-4H3,(H,15,16). The molecule has 1 aromatic heterocycles. The number of hydrogen-bond acceptors (Lipinski definition) is 1. The third-order valence-electron chi connectivity index (χ3n) is 2.59. The number of benzene rings is 1. The Morgan fingerprint density at radius 3 is 2.31 bits per heavy atom. The third-order valence-corrected chi connectivity index (χ3v) is 2.59. The average molecular weight is 213 g/mol. The van der Waals surface area contributed by atoms with Gasteiger partial charge in [0, 0.05) is 16.7 Å². The summed E-state index contributed by atoms with van der Waals surface area (Å²) >= 11 is 0. The summed E-state index contributed by atoms with van der Waals surface area (Å²) in [5.41, 5.74) is 3.47. The summed E-state index contributed by atoms with van der Waals surface area (Å²) < 4.78 is 0. The first-order chi connectivity index (χ1) is 7.48. The molecule has 0 aliphatic rings. The van der Waals surface area contributed by atoms with Crippen molar-refractivity contribution in [2.75, 3.05) is 0 Å². The smallest absolute Gasteiger partial charge is 0.137 e. The van der Waals surface area contributed by atoms with Crippen LogP contribution in [0.4, 0.5) is 0 Å². The van der Waals surface area contributed by atoms with Crippen LogP contribution < -0.4 is 0 Å². The van der Waals surface area contributed by atoms with Gasteiger partial charge in [0.25, 0.3) is 0 Å². The number of imidazole rings is 1. The molecule has 0 aliphatic carbocycles. The van der Waals surface area contributed by atoms with Crippen molar-refractivity contribution in [3.05, 3.63) is 41.7 Å². The Kier molecular flexibility index (Phi) is 2.58. The minimum absolute atomic E-state index is 0.0831. The molecule has 2 heteroatoms. The number of rotatable bonds is 1. The molecule has 1 aromatic carbocycles. The Labute approximate surface area is 96.7 Å². The first-order valence-electron chi connectivity index (χ1n) is 5.52. The zero-order chi connectivity index (χ0) is 11.8. The van der Waals surface area contributed by atoms with E-state index in [-0.39, 0.29) is 5.41 Å². The van der Waals surface area contributed by atoms with Gasteiger partial charge in [-0.3, -0.25) is 0 Å². The molecule has 1 radical (unpaired) electrons. The number of H-pyrrole nitrogens is 1. The lowest BCUT2D eigenvalue weighted by Crippen LogP contribution is -2.13. The van der Waals surface area contributed by atoms with E-state index in [1.165, 1.54) is 0 Å². The summed E-state index contributed by atoms with van der Waals surface area (Å²) in [5, 5.41) is 0. The summed E-state index contributed by atoms with van der Waals surface area (Å²) in [6.07, 6.45) is 0. The molecule has 0 amide bonds. The zero-order valence-electron chi connectivity index (χ0n) is 10.3. The van der Waals surface area contributed by atoms with Gasteiger partial charge in [0.05, 0.1) is 5.69 Å². The van der Waals surface area contributed by atoms with Crippen LogP contribution in [-0.4, -0.2) is 9.97 Å². The molecule has 2 aromatic rings. The summed E-state index contributed by atoms with van der Waals surface area (Å²) in [5.74, 6) is 0.941. The molecule has 0 atom stereocenters. The quantitative estimate of drug-likeness (QED) is 0.772. The lowest BCUT2D eigenvalue weighted by Gasteiger charge is -2.15. The Morgan fingerprint density at radius 2 is 1.81 bits per heavy atom. The van der Waals surface area contributed by atoms with Crippen LogP contribution in [0.3, 0.4) is 0 Å². The minimum atomic E-state index is 0.0831. The maximum Gasteiger partial charge on any atom is 0.137 e. The zero-order valence-corrected chi connectivity index (χ0v) is 10.3. The number of nitrogens with zero attached hydrogens (tertiary/aromatic N) is 1. The third kappa shape index (κ3) is 2.01. The molecule has 2 nitrogen and oxygen atoms in total. The van der Waals surface area contributed by atoms with E-state index in [1.54, 1.807) is 0 Å². The van der Waals surface area contributed by atoms with Crippen LogP contribution in [0.1, 0.15) is 32.2 Å². The summed E-state index contributed by atoms with van der Waals surface area (Å²) in [6, 6.07) is 10.9. The van der Waals surface area contributed by atoms with E-state index in [9.17, 15) is 0 Å². The number of nitrogens with one attached hydrogen (secondary N) is 1. The highest BCUT2D eigenvalue weighted by Gasteiger charge is 2.20. The van der Waals surface area contributed by atoms with E-state index < -0.39 is 0 Å². The van der Waals surface area contributed by atoms with Gasteiger partial charge in [0.1, 0.15) is 5.82 Å². The molecule has 83 valence electrons. The number of hydrogen-bond donors (Lipinski definition) is 1. The Morgan fingerprint density at radius 1 is 1.19 bits per heavy atom. The molecule has 2 rings (SSSR count). The van der Waals surface area contributed by atoms with E-state index in [1.807, 2.05) is 24.3 Å². The average Bonchev–Trinajstić information content (AvgIpc) is 2.61. The van der Waals surface area contributed by atoms with Crippen molar-refractivity contribution in [3.8, 4) is 11.4 Å². The Bertz CT molecular complexity index is 475. The molecule has 16 heavy (non-hydrogen) atoms. The van der Waals surface area contributed by atoms with Crippen LogP contribution >= 0.6 is 0 Å². The molecule has 0 spiro atoms. The van der Waals surface area contributed by atoms with Crippen molar-refractivity contribution in [2.45, 2.75) is 33.1 Å². The molecule has 0 unspecified atom stereocenters. The second kappa shape index (κ2) is 3.78. The maximum absolute atomic E-state index is 4.68. The molecule has 1 N–H and O–H groups in total. The van der Waals surface area contributed by atoms with Crippen molar-refractivity contribution in [3.63, 3.8) is 0 Å². The van der Waals surface area contributed by atoms with Crippen molar-refractivity contribution < 1.29 is 0 Å². The summed E-state index contributed by atoms with van der Waals surface area (Å²) in [7, 11) is 0.